The van der Waals surface area contributed by atoms with E-state index < -0.39 is 4.92 Å². The fourth-order valence-electron chi connectivity index (χ4n) is 1.85. The van der Waals surface area contributed by atoms with E-state index in [0.717, 1.165) is 11.1 Å². The Balaban J connectivity index is 2.09. The summed E-state index contributed by atoms with van der Waals surface area (Å²) in [5.74, 6) is 0.692. The molecule has 2 rings (SSSR count). The minimum absolute atomic E-state index is 0.0232. The number of hydrogen-bond donors (Lipinski definition) is 1. The van der Waals surface area contributed by atoms with Crippen LogP contribution in [-0.4, -0.2) is 4.92 Å². The number of nitro groups is 1. The molecule has 0 saturated carbocycles. The van der Waals surface area contributed by atoms with Gasteiger partial charge in [-0.05, 0) is 40.5 Å². The topological polar surface area (TPSA) is 78.4 Å². The molecule has 0 amide bonds. The lowest BCUT2D eigenvalue weighted by atomic mass is 10.1. The second-order valence-electron chi connectivity index (χ2n) is 4.65. The molecule has 0 aliphatic heterocycles. The van der Waals surface area contributed by atoms with E-state index in [1.165, 1.54) is 6.07 Å². The maximum Gasteiger partial charge on any atom is 0.283 e. The number of nitro benzene ring substituents is 1. The molecule has 0 fully saturated rings. The second-order valence-corrected chi connectivity index (χ2v) is 5.45. The van der Waals surface area contributed by atoms with Gasteiger partial charge in [0, 0.05) is 17.7 Å². The number of ether oxygens (including phenoxy) is 1. The minimum Gasteiger partial charge on any atom is -0.489 e. The van der Waals surface area contributed by atoms with Crippen molar-refractivity contribution in [2.75, 3.05) is 0 Å². The molecule has 0 bridgehead atoms. The SMILES string of the molecule is C[C@@H](N)c1ccc(OCc2cccc([N+](=O)[O-])c2Br)cc1. The van der Waals surface area contributed by atoms with Crippen molar-refractivity contribution in [1.29, 1.82) is 0 Å². The molecular weight excluding hydrogens is 336 g/mol. The Kier molecular flexibility index (Phi) is 4.93. The van der Waals surface area contributed by atoms with Crippen LogP contribution in [0, 0.1) is 10.1 Å². The largest absolute Gasteiger partial charge is 0.489 e. The third-order valence-corrected chi connectivity index (χ3v) is 3.97. The first-order chi connectivity index (χ1) is 9.99. The molecule has 0 aliphatic rings. The van der Waals surface area contributed by atoms with Gasteiger partial charge in [-0.2, -0.15) is 0 Å². The summed E-state index contributed by atoms with van der Waals surface area (Å²) in [6.45, 7) is 2.16. The van der Waals surface area contributed by atoms with Crippen molar-refractivity contribution in [3.63, 3.8) is 0 Å². The van der Waals surface area contributed by atoms with E-state index in [2.05, 4.69) is 15.9 Å². The zero-order valence-corrected chi connectivity index (χ0v) is 13.0. The van der Waals surface area contributed by atoms with Crippen LogP contribution in [0.25, 0.3) is 0 Å². The molecule has 110 valence electrons. The first kappa shape index (κ1) is 15.5. The van der Waals surface area contributed by atoms with Crippen molar-refractivity contribution in [3.8, 4) is 5.75 Å². The fourth-order valence-corrected chi connectivity index (χ4v) is 2.37. The number of nitrogens with two attached hydrogens (primary N) is 1. The van der Waals surface area contributed by atoms with Crippen molar-refractivity contribution in [2.24, 2.45) is 5.73 Å². The predicted octanol–water partition coefficient (Wildman–Crippen LogP) is 3.96. The Morgan fingerprint density at radius 1 is 1.29 bits per heavy atom. The molecule has 21 heavy (non-hydrogen) atoms. The third kappa shape index (κ3) is 3.80. The van der Waals surface area contributed by atoms with Gasteiger partial charge in [-0.1, -0.05) is 24.3 Å². The Labute approximate surface area is 131 Å². The van der Waals surface area contributed by atoms with Gasteiger partial charge < -0.3 is 10.5 Å². The smallest absolute Gasteiger partial charge is 0.283 e. The van der Waals surface area contributed by atoms with Crippen LogP contribution in [0.5, 0.6) is 5.75 Å². The zero-order valence-electron chi connectivity index (χ0n) is 11.5. The van der Waals surface area contributed by atoms with Crippen LogP contribution < -0.4 is 10.5 Å². The van der Waals surface area contributed by atoms with E-state index in [9.17, 15) is 10.1 Å². The van der Waals surface area contributed by atoms with Gasteiger partial charge in [0.05, 0.1) is 4.92 Å². The molecule has 5 nitrogen and oxygen atoms in total. The van der Waals surface area contributed by atoms with E-state index in [0.29, 0.717) is 10.2 Å². The highest BCUT2D eigenvalue weighted by molar-refractivity contribution is 9.10. The number of rotatable bonds is 5. The van der Waals surface area contributed by atoms with E-state index in [4.69, 9.17) is 10.5 Å². The first-order valence-electron chi connectivity index (χ1n) is 6.39. The molecule has 0 heterocycles. The highest BCUT2D eigenvalue weighted by Gasteiger charge is 2.15. The molecule has 0 unspecified atom stereocenters. The monoisotopic (exact) mass is 350 g/mol. The summed E-state index contributed by atoms with van der Waals surface area (Å²) in [5.41, 5.74) is 7.56. The van der Waals surface area contributed by atoms with E-state index in [1.807, 2.05) is 31.2 Å². The van der Waals surface area contributed by atoms with Gasteiger partial charge in [0.15, 0.2) is 0 Å². The van der Waals surface area contributed by atoms with Gasteiger partial charge in [-0.15, -0.1) is 0 Å². The molecule has 2 aromatic rings. The van der Waals surface area contributed by atoms with Crippen LogP contribution in [0.1, 0.15) is 24.1 Å². The summed E-state index contributed by atoms with van der Waals surface area (Å²) >= 11 is 3.25. The van der Waals surface area contributed by atoms with Crippen LogP contribution in [0.3, 0.4) is 0 Å². The molecule has 0 radical (unpaired) electrons. The van der Waals surface area contributed by atoms with E-state index >= 15 is 0 Å². The fraction of sp³-hybridized carbons (Fsp3) is 0.200. The minimum atomic E-state index is -0.426. The first-order valence-corrected chi connectivity index (χ1v) is 7.18. The molecule has 0 saturated heterocycles. The van der Waals surface area contributed by atoms with Crippen LogP contribution in [0.4, 0.5) is 5.69 Å². The molecular formula is C15H15BrN2O3. The van der Waals surface area contributed by atoms with Gasteiger partial charge >= 0.3 is 0 Å². The van der Waals surface area contributed by atoms with Crippen molar-refractivity contribution >= 4 is 21.6 Å². The highest BCUT2D eigenvalue weighted by Crippen LogP contribution is 2.29. The molecule has 0 aromatic heterocycles. The normalized spacial score (nSPS) is 12.0. The maximum atomic E-state index is 10.9. The molecule has 6 heteroatoms. The van der Waals surface area contributed by atoms with E-state index in [1.54, 1.807) is 12.1 Å². The van der Waals surface area contributed by atoms with Gasteiger partial charge in [-0.25, -0.2) is 0 Å². The molecule has 0 spiro atoms. The van der Waals surface area contributed by atoms with Crippen molar-refractivity contribution in [1.82, 2.24) is 0 Å². The quantitative estimate of drug-likeness (QED) is 0.653. The van der Waals surface area contributed by atoms with Crippen LogP contribution in [0.2, 0.25) is 0 Å². The van der Waals surface area contributed by atoms with Crippen molar-refractivity contribution in [2.45, 2.75) is 19.6 Å². The summed E-state index contributed by atoms with van der Waals surface area (Å²) in [5, 5.41) is 10.9. The second kappa shape index (κ2) is 6.69. The standard InChI is InChI=1S/C15H15BrN2O3/c1-10(17)11-5-7-13(8-6-11)21-9-12-3-2-4-14(15(12)16)18(19)20/h2-8,10H,9,17H2,1H3/t10-/m1/s1. The van der Waals surface area contributed by atoms with Crippen LogP contribution in [0.15, 0.2) is 46.9 Å². The lowest BCUT2D eigenvalue weighted by Crippen LogP contribution is -2.04. The summed E-state index contributed by atoms with van der Waals surface area (Å²) in [4.78, 5) is 10.4. The van der Waals surface area contributed by atoms with Gasteiger partial charge in [0.2, 0.25) is 0 Å². The third-order valence-electron chi connectivity index (χ3n) is 3.06. The summed E-state index contributed by atoms with van der Waals surface area (Å²) in [7, 11) is 0. The number of nitrogens with zero attached hydrogens (tertiary/aromatic N) is 1. The maximum absolute atomic E-state index is 10.9. The van der Waals surface area contributed by atoms with Gasteiger partial charge in [-0.3, -0.25) is 10.1 Å². The summed E-state index contributed by atoms with van der Waals surface area (Å²) in [6, 6.07) is 12.3. The average molecular weight is 351 g/mol. The highest BCUT2D eigenvalue weighted by atomic mass is 79.9. The Morgan fingerprint density at radius 3 is 2.52 bits per heavy atom. The van der Waals surface area contributed by atoms with Gasteiger partial charge in [0.1, 0.15) is 16.8 Å². The molecule has 2 N–H and O–H groups in total. The van der Waals surface area contributed by atoms with Crippen molar-refractivity contribution < 1.29 is 9.66 Å². The Morgan fingerprint density at radius 2 is 1.95 bits per heavy atom. The van der Waals surface area contributed by atoms with E-state index in [-0.39, 0.29) is 18.3 Å². The summed E-state index contributed by atoms with van der Waals surface area (Å²) < 4.78 is 6.10. The van der Waals surface area contributed by atoms with Gasteiger partial charge in [0.25, 0.3) is 5.69 Å². The molecule has 1 atom stereocenters. The lowest BCUT2D eigenvalue weighted by molar-refractivity contribution is -0.385. The van der Waals surface area contributed by atoms with Crippen LogP contribution in [-0.2, 0) is 6.61 Å². The van der Waals surface area contributed by atoms with Crippen LogP contribution >= 0.6 is 15.9 Å². The predicted molar refractivity (Wildman–Crippen MR) is 84.2 cm³/mol. The molecule has 2 aromatic carbocycles. The molecule has 0 aliphatic carbocycles. The lowest BCUT2D eigenvalue weighted by Gasteiger charge is -2.10. The zero-order chi connectivity index (χ0) is 15.4. The average Bonchev–Trinajstić information content (AvgIpc) is 2.46. The van der Waals surface area contributed by atoms with Crippen molar-refractivity contribution in [3.05, 3.63) is 68.2 Å². The Bertz CT molecular complexity index is 642. The Hall–Kier alpha value is -1.92. The number of halogens is 1. The summed E-state index contributed by atoms with van der Waals surface area (Å²) in [6.07, 6.45) is 0. The number of benzene rings is 2. The number of hydrogen-bond acceptors (Lipinski definition) is 4.